The van der Waals surface area contributed by atoms with Gasteiger partial charge in [-0.1, -0.05) is 48.5 Å². The van der Waals surface area contributed by atoms with E-state index in [2.05, 4.69) is 5.32 Å². The smallest absolute Gasteiger partial charge is 0.255 e. The van der Waals surface area contributed by atoms with E-state index in [4.69, 9.17) is 5.14 Å². The predicted octanol–water partition coefficient (Wildman–Crippen LogP) is 3.56. The van der Waals surface area contributed by atoms with Crippen molar-refractivity contribution in [3.05, 3.63) is 83.9 Å². The molecule has 0 heterocycles. The van der Waals surface area contributed by atoms with Gasteiger partial charge < -0.3 is 5.32 Å². The molecule has 0 saturated carbocycles. The molecule has 1 amide bonds. The molecule has 0 aliphatic rings. The minimum Gasteiger partial charge on any atom is -0.322 e. The van der Waals surface area contributed by atoms with Crippen molar-refractivity contribution in [1.29, 1.82) is 0 Å². The lowest BCUT2D eigenvalue weighted by Gasteiger charge is -2.10. The number of nitrogens with one attached hydrogen (secondary N) is 1. The summed E-state index contributed by atoms with van der Waals surface area (Å²) in [7, 11) is -3.82. The first-order valence-electron chi connectivity index (χ1n) is 7.95. The van der Waals surface area contributed by atoms with Crippen molar-refractivity contribution in [2.75, 3.05) is 5.32 Å². The number of nitrogens with two attached hydrogens (primary N) is 1. The molecule has 3 N–H and O–H groups in total. The molecule has 0 radical (unpaired) electrons. The van der Waals surface area contributed by atoms with Crippen LogP contribution in [0.2, 0.25) is 0 Å². The maximum Gasteiger partial charge on any atom is 0.255 e. The number of anilines is 1. The lowest BCUT2D eigenvalue weighted by molar-refractivity contribution is 0.102. The van der Waals surface area contributed by atoms with E-state index in [1.165, 1.54) is 6.07 Å². The van der Waals surface area contributed by atoms with Crippen molar-refractivity contribution in [1.82, 2.24) is 0 Å². The fourth-order valence-corrected chi connectivity index (χ4v) is 3.47. The van der Waals surface area contributed by atoms with Gasteiger partial charge in [0.2, 0.25) is 10.0 Å². The average Bonchev–Trinajstić information content (AvgIpc) is 2.62. The van der Waals surface area contributed by atoms with E-state index in [1.807, 2.05) is 25.1 Å². The third kappa shape index (κ3) is 3.82. The van der Waals surface area contributed by atoms with E-state index < -0.39 is 10.0 Å². The molecule has 0 unspecified atom stereocenters. The molecule has 132 valence electrons. The highest BCUT2D eigenvalue weighted by Crippen LogP contribution is 2.27. The number of rotatable bonds is 4. The maximum absolute atomic E-state index is 12.4. The largest absolute Gasteiger partial charge is 0.322 e. The zero-order valence-corrected chi connectivity index (χ0v) is 15.0. The molecule has 3 rings (SSSR count). The van der Waals surface area contributed by atoms with Crippen molar-refractivity contribution in [2.24, 2.45) is 5.14 Å². The Kier molecular flexibility index (Phi) is 4.88. The lowest BCUT2D eigenvalue weighted by Crippen LogP contribution is -2.13. The van der Waals surface area contributed by atoms with E-state index in [1.54, 1.807) is 48.5 Å². The second-order valence-corrected chi connectivity index (χ2v) is 7.42. The van der Waals surface area contributed by atoms with Crippen LogP contribution in [0.1, 0.15) is 15.9 Å². The first-order valence-corrected chi connectivity index (χ1v) is 9.50. The van der Waals surface area contributed by atoms with E-state index >= 15 is 0 Å². The topological polar surface area (TPSA) is 89.3 Å². The van der Waals surface area contributed by atoms with Crippen LogP contribution in [0.15, 0.2) is 77.7 Å². The molecule has 5 nitrogen and oxygen atoms in total. The van der Waals surface area contributed by atoms with Crippen LogP contribution in [0, 0.1) is 6.92 Å². The van der Waals surface area contributed by atoms with Crippen LogP contribution < -0.4 is 10.5 Å². The second kappa shape index (κ2) is 7.11. The van der Waals surface area contributed by atoms with Crippen molar-refractivity contribution in [2.45, 2.75) is 11.8 Å². The standard InChI is InChI=1S/C20H18N2O3S/c1-14-6-2-3-7-17(14)20(23)22-16-12-10-15(11-13-16)18-8-4-5-9-19(18)26(21,24)25/h2-13H,1H3,(H,22,23)(H2,21,24,25). The highest BCUT2D eigenvalue weighted by Gasteiger charge is 2.14. The molecule has 0 atom stereocenters. The highest BCUT2D eigenvalue weighted by molar-refractivity contribution is 7.89. The molecule has 0 aliphatic heterocycles. The number of carbonyl (C=O) groups is 1. The van der Waals surface area contributed by atoms with Gasteiger partial charge in [0, 0.05) is 16.8 Å². The Labute approximate surface area is 152 Å². The Morgan fingerprint density at radius 3 is 2.15 bits per heavy atom. The number of benzene rings is 3. The number of carbonyl (C=O) groups excluding carboxylic acids is 1. The quantitative estimate of drug-likeness (QED) is 0.740. The van der Waals surface area contributed by atoms with Crippen LogP contribution in [0.25, 0.3) is 11.1 Å². The molecule has 0 aliphatic carbocycles. The van der Waals surface area contributed by atoms with Crippen LogP contribution in [0.3, 0.4) is 0 Å². The van der Waals surface area contributed by atoms with Crippen LogP contribution in [0.4, 0.5) is 5.69 Å². The predicted molar refractivity (Wildman–Crippen MR) is 102 cm³/mol. The van der Waals surface area contributed by atoms with Crippen molar-refractivity contribution < 1.29 is 13.2 Å². The minimum atomic E-state index is -3.82. The molecule has 0 bridgehead atoms. The monoisotopic (exact) mass is 366 g/mol. The van der Waals surface area contributed by atoms with Gasteiger partial charge in [0.05, 0.1) is 4.90 Å². The number of amides is 1. The fourth-order valence-electron chi connectivity index (χ4n) is 2.71. The number of hydrogen-bond donors (Lipinski definition) is 2. The highest BCUT2D eigenvalue weighted by atomic mass is 32.2. The van der Waals surface area contributed by atoms with Gasteiger partial charge in [-0.2, -0.15) is 0 Å². The van der Waals surface area contributed by atoms with Crippen LogP contribution in [-0.4, -0.2) is 14.3 Å². The minimum absolute atomic E-state index is 0.0664. The number of aryl methyl sites for hydroxylation is 1. The fraction of sp³-hybridized carbons (Fsp3) is 0.0500. The summed E-state index contributed by atoms with van der Waals surface area (Å²) < 4.78 is 23.5. The molecule has 3 aromatic rings. The Hall–Kier alpha value is -2.96. The van der Waals surface area contributed by atoms with Gasteiger partial charge in [-0.05, 0) is 42.3 Å². The van der Waals surface area contributed by atoms with Gasteiger partial charge in [0.15, 0.2) is 0 Å². The number of primary sulfonamides is 1. The van der Waals surface area contributed by atoms with Gasteiger partial charge in [-0.15, -0.1) is 0 Å². The average molecular weight is 366 g/mol. The maximum atomic E-state index is 12.4. The first kappa shape index (κ1) is 17.8. The summed E-state index contributed by atoms with van der Waals surface area (Å²) >= 11 is 0. The zero-order chi connectivity index (χ0) is 18.7. The Morgan fingerprint density at radius 2 is 1.50 bits per heavy atom. The van der Waals surface area contributed by atoms with Gasteiger partial charge >= 0.3 is 0 Å². The molecule has 0 spiro atoms. The summed E-state index contributed by atoms with van der Waals surface area (Å²) in [6, 6.07) is 20.8. The summed E-state index contributed by atoms with van der Waals surface area (Å²) in [5, 5.41) is 8.13. The van der Waals surface area contributed by atoms with E-state index in [0.29, 0.717) is 22.4 Å². The molecule has 3 aromatic carbocycles. The molecular formula is C20H18N2O3S. The zero-order valence-electron chi connectivity index (χ0n) is 14.1. The molecule has 6 heteroatoms. The Bertz CT molecular complexity index is 1060. The van der Waals surface area contributed by atoms with Gasteiger partial charge in [0.1, 0.15) is 0 Å². The Balaban J connectivity index is 1.87. The summed E-state index contributed by atoms with van der Waals surface area (Å²) in [5.74, 6) is -0.194. The first-order chi connectivity index (χ1) is 12.4. The van der Waals surface area contributed by atoms with Crippen molar-refractivity contribution in [3.63, 3.8) is 0 Å². The van der Waals surface area contributed by atoms with E-state index in [9.17, 15) is 13.2 Å². The van der Waals surface area contributed by atoms with Gasteiger partial charge in [-0.25, -0.2) is 13.6 Å². The summed E-state index contributed by atoms with van der Waals surface area (Å²) in [6.45, 7) is 1.88. The molecule has 0 aromatic heterocycles. The molecule has 0 saturated heterocycles. The van der Waals surface area contributed by atoms with E-state index in [-0.39, 0.29) is 10.8 Å². The van der Waals surface area contributed by atoms with Crippen molar-refractivity contribution >= 4 is 21.6 Å². The second-order valence-electron chi connectivity index (χ2n) is 5.89. The lowest BCUT2D eigenvalue weighted by atomic mass is 10.0. The summed E-state index contributed by atoms with van der Waals surface area (Å²) in [4.78, 5) is 12.4. The Morgan fingerprint density at radius 1 is 0.885 bits per heavy atom. The molecule has 26 heavy (non-hydrogen) atoms. The van der Waals surface area contributed by atoms with E-state index in [0.717, 1.165) is 5.56 Å². The summed E-state index contributed by atoms with van der Waals surface area (Å²) in [6.07, 6.45) is 0. The molecule has 0 fully saturated rings. The van der Waals surface area contributed by atoms with Gasteiger partial charge in [0.25, 0.3) is 5.91 Å². The SMILES string of the molecule is Cc1ccccc1C(=O)Nc1ccc(-c2ccccc2S(N)(=O)=O)cc1. The number of sulfonamides is 1. The number of hydrogen-bond acceptors (Lipinski definition) is 3. The van der Waals surface area contributed by atoms with Crippen LogP contribution in [0.5, 0.6) is 0 Å². The normalized spacial score (nSPS) is 11.2. The summed E-state index contributed by atoms with van der Waals surface area (Å²) in [5.41, 5.74) is 3.34. The van der Waals surface area contributed by atoms with Gasteiger partial charge in [-0.3, -0.25) is 4.79 Å². The van der Waals surface area contributed by atoms with Crippen LogP contribution in [-0.2, 0) is 10.0 Å². The third-order valence-corrected chi connectivity index (χ3v) is 5.01. The molecular weight excluding hydrogens is 348 g/mol. The van der Waals surface area contributed by atoms with Crippen LogP contribution >= 0.6 is 0 Å². The van der Waals surface area contributed by atoms with Crippen molar-refractivity contribution in [3.8, 4) is 11.1 Å². The third-order valence-electron chi connectivity index (χ3n) is 4.04.